The zero-order valence-electron chi connectivity index (χ0n) is 29.8. The van der Waals surface area contributed by atoms with Crippen LogP contribution in [0.4, 0.5) is 16.2 Å². The van der Waals surface area contributed by atoms with Gasteiger partial charge in [0.05, 0.1) is 35.3 Å². The minimum absolute atomic E-state index is 0.0650. The smallest absolute Gasteiger partial charge is 0.323 e. The summed E-state index contributed by atoms with van der Waals surface area (Å²) in [6.45, 7) is 7.89. The van der Waals surface area contributed by atoms with Gasteiger partial charge >= 0.3 is 6.03 Å². The summed E-state index contributed by atoms with van der Waals surface area (Å²) in [6.07, 6.45) is 1.41. The Morgan fingerprint density at radius 3 is 2.35 bits per heavy atom. The van der Waals surface area contributed by atoms with Crippen molar-refractivity contribution in [3.8, 4) is 17.2 Å². The minimum atomic E-state index is -3.80. The Balaban J connectivity index is 1.39. The second-order valence-corrected chi connectivity index (χ2v) is 15.3. The third-order valence-electron chi connectivity index (χ3n) is 9.11. The Kier molecular flexibility index (Phi) is 12.5. The number of amides is 3. The average molecular weight is 725 g/mol. The van der Waals surface area contributed by atoms with Gasteiger partial charge in [-0.1, -0.05) is 24.6 Å². The molecule has 2 heterocycles. The fourth-order valence-corrected chi connectivity index (χ4v) is 7.16. The van der Waals surface area contributed by atoms with Crippen LogP contribution in [0.25, 0.3) is 0 Å². The number of rotatable bonds is 8. The summed E-state index contributed by atoms with van der Waals surface area (Å²) in [6, 6.07) is 15.5. The van der Waals surface area contributed by atoms with E-state index < -0.39 is 34.1 Å². The molecule has 5 rings (SSSR count). The molecule has 0 fully saturated rings. The monoisotopic (exact) mass is 724 g/mol. The van der Waals surface area contributed by atoms with Gasteiger partial charge in [-0.25, -0.2) is 13.2 Å². The molecule has 0 spiro atoms. The highest BCUT2D eigenvalue weighted by atomic mass is 32.2. The predicted octanol–water partition coefficient (Wildman–Crippen LogP) is 5.48. The summed E-state index contributed by atoms with van der Waals surface area (Å²) in [4.78, 5) is 29.2. The summed E-state index contributed by atoms with van der Waals surface area (Å²) < 4.78 is 51.6. The van der Waals surface area contributed by atoms with Crippen LogP contribution in [-0.2, 0) is 14.8 Å². The van der Waals surface area contributed by atoms with E-state index in [0.717, 1.165) is 18.4 Å². The lowest BCUT2D eigenvalue weighted by atomic mass is 10.0. The number of anilines is 2. The number of hydrogen-bond acceptors (Lipinski definition) is 9. The highest BCUT2D eigenvalue weighted by Crippen LogP contribution is 2.34. The molecule has 3 N–H and O–H groups in total. The fourth-order valence-electron chi connectivity index (χ4n) is 5.97. The van der Waals surface area contributed by atoms with Crippen molar-refractivity contribution < 1.29 is 42.1 Å². The van der Waals surface area contributed by atoms with E-state index in [4.69, 9.17) is 18.9 Å². The van der Waals surface area contributed by atoms with E-state index in [1.54, 1.807) is 72.5 Å². The number of sulfonamides is 1. The molecule has 2 aliphatic heterocycles. The summed E-state index contributed by atoms with van der Waals surface area (Å²) in [5, 5.41) is 15.8. The number of nitrogens with zero attached hydrogens (tertiary/aromatic N) is 2. The van der Waals surface area contributed by atoms with Crippen LogP contribution in [0, 0.1) is 12.8 Å². The van der Waals surface area contributed by atoms with Gasteiger partial charge in [0.1, 0.15) is 5.75 Å². The minimum Gasteiger partial charge on any atom is -0.490 e. The van der Waals surface area contributed by atoms with Crippen LogP contribution in [0.1, 0.15) is 56.0 Å². The van der Waals surface area contributed by atoms with Gasteiger partial charge in [-0.15, -0.1) is 0 Å². The normalized spacial score (nSPS) is 20.6. The van der Waals surface area contributed by atoms with E-state index in [1.807, 2.05) is 20.8 Å². The SMILES string of the molecule is Cc1ccc(S(=O)(=O)N(C)C[C@@H]2OCCCC[C@H](C)Oc3ccc(NC(=O)Nc4ccc5c(c4)OCO5)cc3C(=O)N([C@H](C)CO)C[C@@H]2C)cc1. The van der Waals surface area contributed by atoms with Crippen molar-refractivity contribution in [2.24, 2.45) is 5.92 Å². The first-order valence-electron chi connectivity index (χ1n) is 17.2. The number of carbonyl (C=O) groups is 2. The molecule has 0 aromatic heterocycles. The first-order valence-corrected chi connectivity index (χ1v) is 18.6. The van der Waals surface area contributed by atoms with Crippen LogP contribution in [0.3, 0.4) is 0 Å². The number of ether oxygens (including phenoxy) is 4. The largest absolute Gasteiger partial charge is 0.490 e. The third-order valence-corrected chi connectivity index (χ3v) is 10.9. The van der Waals surface area contributed by atoms with Crippen LogP contribution in [-0.4, -0.2) is 93.1 Å². The van der Waals surface area contributed by atoms with Crippen molar-refractivity contribution in [2.75, 3.05) is 50.8 Å². The van der Waals surface area contributed by atoms with E-state index in [2.05, 4.69) is 10.6 Å². The maximum Gasteiger partial charge on any atom is 0.323 e. The number of aliphatic hydroxyl groups excluding tert-OH is 1. The third kappa shape index (κ3) is 9.50. The van der Waals surface area contributed by atoms with E-state index in [-0.39, 0.29) is 49.0 Å². The fraction of sp³-hybridized carbons (Fsp3) is 0.459. The van der Waals surface area contributed by atoms with E-state index >= 15 is 0 Å². The van der Waals surface area contributed by atoms with Crippen molar-refractivity contribution in [2.45, 2.75) is 70.1 Å². The summed E-state index contributed by atoms with van der Waals surface area (Å²) in [5.74, 6) is 0.717. The standard InChI is InChI=1S/C37H48N4O9S/c1-24-9-13-30(14-10-24)51(45,46)40(5)21-35-25(2)20-41(26(3)22-42)36(43)31-18-28(11-15-32(31)50-27(4)8-6-7-17-47-35)38-37(44)39-29-12-16-33-34(19-29)49-23-48-33/h9-16,18-19,25-27,35,42H,6-8,17,20-23H2,1-5H3,(H2,38,39,44)/t25-,26+,27-,35-/m0/s1. The topological polar surface area (TPSA) is 156 Å². The molecule has 4 atom stereocenters. The van der Waals surface area contributed by atoms with Crippen molar-refractivity contribution in [1.82, 2.24) is 9.21 Å². The Labute approximate surface area is 299 Å². The van der Waals surface area contributed by atoms with Crippen molar-refractivity contribution in [3.63, 3.8) is 0 Å². The molecule has 3 aromatic carbocycles. The molecule has 0 aliphatic carbocycles. The number of nitrogens with one attached hydrogen (secondary N) is 2. The summed E-state index contributed by atoms with van der Waals surface area (Å²) >= 11 is 0. The van der Waals surface area contributed by atoms with Crippen LogP contribution in [0.2, 0.25) is 0 Å². The molecule has 14 heteroatoms. The second-order valence-electron chi connectivity index (χ2n) is 13.3. The van der Waals surface area contributed by atoms with Crippen molar-refractivity contribution in [1.29, 1.82) is 0 Å². The lowest BCUT2D eigenvalue weighted by Crippen LogP contribution is -2.48. The molecular weight excluding hydrogens is 676 g/mol. The second kappa shape index (κ2) is 16.8. The molecule has 3 amide bonds. The van der Waals surface area contributed by atoms with Crippen molar-refractivity contribution in [3.05, 3.63) is 71.8 Å². The van der Waals surface area contributed by atoms with Crippen LogP contribution >= 0.6 is 0 Å². The highest BCUT2D eigenvalue weighted by molar-refractivity contribution is 7.89. The molecule has 0 unspecified atom stereocenters. The molecule has 13 nitrogen and oxygen atoms in total. The van der Waals surface area contributed by atoms with Crippen LogP contribution in [0.15, 0.2) is 65.6 Å². The maximum absolute atomic E-state index is 14.4. The van der Waals surface area contributed by atoms with Crippen LogP contribution < -0.4 is 24.8 Å². The van der Waals surface area contributed by atoms with Gasteiger partial charge in [0, 0.05) is 50.1 Å². The van der Waals surface area contributed by atoms with Gasteiger partial charge in [0.15, 0.2) is 11.5 Å². The number of carbonyl (C=O) groups excluding carboxylic acids is 2. The molecular formula is C37H48N4O9S. The lowest BCUT2D eigenvalue weighted by molar-refractivity contribution is -0.00834. The zero-order chi connectivity index (χ0) is 36.7. The molecule has 0 saturated carbocycles. The first kappa shape index (κ1) is 37.9. The Hall–Kier alpha value is -4.37. The molecule has 3 aromatic rings. The predicted molar refractivity (Wildman–Crippen MR) is 193 cm³/mol. The number of aliphatic hydroxyl groups is 1. The van der Waals surface area contributed by atoms with Gasteiger partial charge in [0.25, 0.3) is 5.91 Å². The van der Waals surface area contributed by atoms with Gasteiger partial charge in [0.2, 0.25) is 16.8 Å². The van der Waals surface area contributed by atoms with Gasteiger partial charge in [-0.05, 0) is 82.5 Å². The summed E-state index contributed by atoms with van der Waals surface area (Å²) in [7, 11) is -2.27. The number of hydrogen-bond donors (Lipinski definition) is 3. The highest BCUT2D eigenvalue weighted by Gasteiger charge is 2.32. The zero-order valence-corrected chi connectivity index (χ0v) is 30.6. The first-order chi connectivity index (χ1) is 24.3. The van der Waals surface area contributed by atoms with E-state index in [0.29, 0.717) is 41.7 Å². The molecule has 0 bridgehead atoms. The number of urea groups is 1. The molecule has 0 radical (unpaired) electrons. The van der Waals surface area contributed by atoms with Gasteiger partial charge in [-0.2, -0.15) is 4.31 Å². The molecule has 276 valence electrons. The van der Waals surface area contributed by atoms with Gasteiger partial charge < -0.3 is 39.6 Å². The average Bonchev–Trinajstić information content (AvgIpc) is 3.57. The van der Waals surface area contributed by atoms with Crippen LogP contribution in [0.5, 0.6) is 17.2 Å². The molecule has 0 saturated heterocycles. The number of aryl methyl sites for hydroxylation is 1. The van der Waals surface area contributed by atoms with Gasteiger partial charge in [-0.3, -0.25) is 4.79 Å². The lowest BCUT2D eigenvalue weighted by Gasteiger charge is -2.35. The Morgan fingerprint density at radius 1 is 0.980 bits per heavy atom. The molecule has 51 heavy (non-hydrogen) atoms. The molecule has 2 aliphatic rings. The number of likely N-dealkylation sites (N-methyl/N-ethyl adjacent to an activating group) is 1. The quantitative estimate of drug-likeness (QED) is 0.274. The van der Waals surface area contributed by atoms with E-state index in [1.165, 1.54) is 11.4 Å². The number of fused-ring (bicyclic) bond motifs is 2. The van der Waals surface area contributed by atoms with E-state index in [9.17, 15) is 23.1 Å². The summed E-state index contributed by atoms with van der Waals surface area (Å²) in [5.41, 5.74) is 2.01. The Bertz CT molecular complexity index is 1790. The van der Waals surface area contributed by atoms with Crippen molar-refractivity contribution >= 4 is 33.3 Å². The Morgan fingerprint density at radius 2 is 1.65 bits per heavy atom. The number of benzene rings is 3. The maximum atomic E-state index is 14.4.